The van der Waals surface area contributed by atoms with E-state index in [1.54, 1.807) is 20.4 Å². The molecule has 0 fully saturated rings. The summed E-state index contributed by atoms with van der Waals surface area (Å²) in [6, 6.07) is 15.2. The molecule has 2 N–H and O–H groups in total. The summed E-state index contributed by atoms with van der Waals surface area (Å²) in [5, 5.41) is 7.92. The van der Waals surface area contributed by atoms with E-state index in [-0.39, 0.29) is 6.04 Å². The van der Waals surface area contributed by atoms with E-state index in [1.807, 2.05) is 55.5 Å². The van der Waals surface area contributed by atoms with Crippen LogP contribution in [0.5, 0.6) is 17.2 Å². The van der Waals surface area contributed by atoms with E-state index in [2.05, 4.69) is 15.6 Å². The number of anilines is 1. The van der Waals surface area contributed by atoms with Gasteiger partial charge in [-0.1, -0.05) is 0 Å². The quantitative estimate of drug-likeness (QED) is 0.584. The summed E-state index contributed by atoms with van der Waals surface area (Å²) in [7, 11) is 3.27. The summed E-state index contributed by atoms with van der Waals surface area (Å²) in [4.78, 5) is 4.40. The van der Waals surface area contributed by atoms with Gasteiger partial charge in [-0.2, -0.15) is 0 Å². The first-order chi connectivity index (χ1) is 13.6. The number of aromatic nitrogens is 1. The van der Waals surface area contributed by atoms with Crippen molar-refractivity contribution in [3.05, 3.63) is 54.7 Å². The summed E-state index contributed by atoms with van der Waals surface area (Å²) in [6.07, 6.45) is 1.74. The topological polar surface area (TPSA) is 64.6 Å². The molecule has 28 heavy (non-hydrogen) atoms. The Kier molecular flexibility index (Phi) is 6.49. The number of nitrogens with one attached hydrogen (secondary N) is 2. The molecule has 146 valence electrons. The van der Waals surface area contributed by atoms with Crippen molar-refractivity contribution in [3.63, 3.8) is 0 Å². The Morgan fingerprint density at radius 1 is 1.04 bits per heavy atom. The predicted octanol–water partition coefficient (Wildman–Crippen LogP) is 4.01. The average molecular weight is 398 g/mol. The van der Waals surface area contributed by atoms with Crippen molar-refractivity contribution in [2.24, 2.45) is 0 Å². The summed E-state index contributed by atoms with van der Waals surface area (Å²) in [5.41, 5.74) is 1.65. The normalized spacial score (nSPS) is 11.5. The molecule has 0 saturated heterocycles. The van der Waals surface area contributed by atoms with Crippen LogP contribution in [0.3, 0.4) is 0 Å². The minimum atomic E-state index is 0.0183. The highest BCUT2D eigenvalue weighted by molar-refractivity contribution is 7.80. The van der Waals surface area contributed by atoms with Gasteiger partial charge in [-0.05, 0) is 67.7 Å². The Morgan fingerprint density at radius 3 is 2.50 bits per heavy atom. The number of ether oxygens (including phenoxy) is 3. The van der Waals surface area contributed by atoms with Gasteiger partial charge in [0.25, 0.3) is 0 Å². The minimum Gasteiger partial charge on any atom is -0.497 e. The lowest BCUT2D eigenvalue weighted by Crippen LogP contribution is -2.39. The molecular weight excluding hydrogens is 374 g/mol. The molecule has 2 aromatic carbocycles. The van der Waals surface area contributed by atoms with E-state index in [1.165, 1.54) is 0 Å². The second kappa shape index (κ2) is 9.23. The van der Waals surface area contributed by atoms with Crippen LogP contribution in [0.4, 0.5) is 5.69 Å². The SMILES string of the molecule is COc1ccc(OC[C@@H](C)NC(=S)Nc2ccc(OC)c3ncccc23)cc1. The molecule has 0 aliphatic carbocycles. The fraction of sp³-hybridized carbons (Fsp3) is 0.238. The van der Waals surface area contributed by atoms with Gasteiger partial charge >= 0.3 is 0 Å². The second-order valence-electron chi connectivity index (χ2n) is 6.20. The van der Waals surface area contributed by atoms with Gasteiger partial charge < -0.3 is 24.8 Å². The second-order valence-corrected chi connectivity index (χ2v) is 6.61. The number of fused-ring (bicyclic) bond motifs is 1. The summed E-state index contributed by atoms with van der Waals surface area (Å²) in [6.45, 7) is 2.48. The highest BCUT2D eigenvalue weighted by Crippen LogP contribution is 2.29. The molecule has 0 aliphatic heterocycles. The first-order valence-electron chi connectivity index (χ1n) is 8.87. The highest BCUT2D eigenvalue weighted by Gasteiger charge is 2.10. The predicted molar refractivity (Wildman–Crippen MR) is 116 cm³/mol. The van der Waals surface area contributed by atoms with Gasteiger partial charge in [-0.3, -0.25) is 4.98 Å². The van der Waals surface area contributed by atoms with Crippen molar-refractivity contribution in [1.82, 2.24) is 10.3 Å². The molecule has 0 saturated carbocycles. The van der Waals surface area contributed by atoms with Crippen molar-refractivity contribution < 1.29 is 14.2 Å². The van der Waals surface area contributed by atoms with E-state index in [9.17, 15) is 0 Å². The lowest BCUT2D eigenvalue weighted by Gasteiger charge is -2.18. The molecule has 0 aliphatic rings. The molecule has 3 rings (SSSR count). The standard InChI is InChI=1S/C21H23N3O3S/c1-14(13-27-16-8-6-15(25-2)7-9-16)23-21(28)24-18-10-11-19(26-3)20-17(18)5-4-12-22-20/h4-12,14H,13H2,1-3H3,(H2,23,24,28)/t14-/m1/s1. The van der Waals surface area contributed by atoms with E-state index in [4.69, 9.17) is 26.4 Å². The molecule has 7 heteroatoms. The number of methoxy groups -OCH3 is 2. The van der Waals surface area contributed by atoms with Gasteiger partial charge in [0.2, 0.25) is 0 Å². The van der Waals surface area contributed by atoms with Crippen LogP contribution in [-0.2, 0) is 0 Å². The van der Waals surface area contributed by atoms with Crippen LogP contribution in [0.25, 0.3) is 10.9 Å². The number of hydrogen-bond acceptors (Lipinski definition) is 5. The number of rotatable bonds is 7. The van der Waals surface area contributed by atoms with Crippen LogP contribution < -0.4 is 24.8 Å². The largest absolute Gasteiger partial charge is 0.497 e. The lowest BCUT2D eigenvalue weighted by atomic mass is 10.1. The van der Waals surface area contributed by atoms with Crippen LogP contribution in [0.15, 0.2) is 54.7 Å². The Balaban J connectivity index is 1.58. The zero-order chi connectivity index (χ0) is 19.9. The number of thiocarbonyl (C=S) groups is 1. The Hall–Kier alpha value is -3.06. The van der Waals surface area contributed by atoms with E-state index in [0.717, 1.165) is 33.8 Å². The summed E-state index contributed by atoms with van der Waals surface area (Å²) in [5.74, 6) is 2.30. The molecule has 1 heterocycles. The maximum atomic E-state index is 5.79. The van der Waals surface area contributed by atoms with Crippen LogP contribution >= 0.6 is 12.2 Å². The van der Waals surface area contributed by atoms with Crippen molar-refractivity contribution in [3.8, 4) is 17.2 Å². The number of benzene rings is 2. The smallest absolute Gasteiger partial charge is 0.171 e. The molecule has 0 unspecified atom stereocenters. The zero-order valence-corrected chi connectivity index (χ0v) is 16.9. The maximum Gasteiger partial charge on any atom is 0.171 e. The van der Waals surface area contributed by atoms with E-state index in [0.29, 0.717) is 11.7 Å². The van der Waals surface area contributed by atoms with Crippen molar-refractivity contribution in [1.29, 1.82) is 0 Å². The summed E-state index contributed by atoms with van der Waals surface area (Å²) < 4.78 is 16.3. The van der Waals surface area contributed by atoms with Crippen LogP contribution in [0.1, 0.15) is 6.92 Å². The monoisotopic (exact) mass is 397 g/mol. The van der Waals surface area contributed by atoms with Gasteiger partial charge in [-0.25, -0.2) is 0 Å². The minimum absolute atomic E-state index is 0.0183. The first kappa shape index (κ1) is 19.7. The maximum absolute atomic E-state index is 5.79. The molecule has 1 aromatic heterocycles. The van der Waals surface area contributed by atoms with Crippen LogP contribution in [0.2, 0.25) is 0 Å². The third kappa shape index (κ3) is 4.80. The molecule has 0 radical (unpaired) electrons. The van der Waals surface area contributed by atoms with Gasteiger partial charge in [0.15, 0.2) is 5.11 Å². The third-order valence-electron chi connectivity index (χ3n) is 4.14. The third-order valence-corrected chi connectivity index (χ3v) is 4.36. The average Bonchev–Trinajstić information content (AvgIpc) is 2.73. The van der Waals surface area contributed by atoms with Crippen molar-refractivity contribution >= 4 is 33.9 Å². The number of pyridine rings is 1. The number of hydrogen-bond donors (Lipinski definition) is 2. The fourth-order valence-electron chi connectivity index (χ4n) is 2.74. The molecule has 0 spiro atoms. The zero-order valence-electron chi connectivity index (χ0n) is 16.1. The first-order valence-corrected chi connectivity index (χ1v) is 9.27. The Labute approximate surface area is 169 Å². The van der Waals surface area contributed by atoms with Crippen LogP contribution in [0, 0.1) is 0 Å². The van der Waals surface area contributed by atoms with Gasteiger partial charge in [0.05, 0.1) is 20.3 Å². The molecule has 0 amide bonds. The van der Waals surface area contributed by atoms with Gasteiger partial charge in [0.1, 0.15) is 29.4 Å². The van der Waals surface area contributed by atoms with Crippen molar-refractivity contribution in [2.45, 2.75) is 13.0 Å². The van der Waals surface area contributed by atoms with Crippen molar-refractivity contribution in [2.75, 3.05) is 26.1 Å². The van der Waals surface area contributed by atoms with Gasteiger partial charge in [-0.15, -0.1) is 0 Å². The molecular formula is C21H23N3O3S. The Bertz CT molecular complexity index is 947. The molecule has 6 nitrogen and oxygen atoms in total. The fourth-order valence-corrected chi connectivity index (χ4v) is 3.05. The van der Waals surface area contributed by atoms with E-state index >= 15 is 0 Å². The molecule has 0 bridgehead atoms. The van der Waals surface area contributed by atoms with Gasteiger partial charge in [0, 0.05) is 17.3 Å². The summed E-state index contributed by atoms with van der Waals surface area (Å²) >= 11 is 5.45. The highest BCUT2D eigenvalue weighted by atomic mass is 32.1. The molecule has 1 atom stereocenters. The van der Waals surface area contributed by atoms with Crippen LogP contribution in [-0.4, -0.2) is 37.0 Å². The number of nitrogens with zero attached hydrogens (tertiary/aromatic N) is 1. The van der Waals surface area contributed by atoms with E-state index < -0.39 is 0 Å². The molecule has 3 aromatic rings. The Morgan fingerprint density at radius 2 is 1.79 bits per heavy atom. The lowest BCUT2D eigenvalue weighted by molar-refractivity contribution is 0.286.